The first-order valence-corrected chi connectivity index (χ1v) is 7.95. The minimum absolute atomic E-state index is 0.291. The molecule has 152 valence electrons. The molecule has 0 aromatic heterocycles. The number of ketones is 1. The number of nitrogens with two attached hydrogens (primary N) is 1. The number of halogens is 1. The van der Waals surface area contributed by atoms with Crippen molar-refractivity contribution in [1.82, 2.24) is 0 Å². The van der Waals surface area contributed by atoms with Crippen LogP contribution in [-0.4, -0.2) is 82.2 Å². The number of ether oxygens (including phenoxy) is 2. The number of hydrogen-bond donors (Lipinski definition) is 5. The van der Waals surface area contributed by atoms with E-state index < -0.39 is 48.7 Å². The highest BCUT2D eigenvalue weighted by molar-refractivity contribution is 5.89. The number of alkyl halides is 1. The van der Waals surface area contributed by atoms with Gasteiger partial charge >= 0.3 is 5.97 Å². The molecule has 9 nitrogen and oxygen atoms in total. The van der Waals surface area contributed by atoms with Crippen LogP contribution < -0.4 is 5.73 Å². The van der Waals surface area contributed by atoms with Crippen molar-refractivity contribution < 1.29 is 43.9 Å². The molecule has 0 saturated carbocycles. The number of methoxy groups -OCH3 is 1. The van der Waals surface area contributed by atoms with Crippen molar-refractivity contribution in [2.45, 2.75) is 36.6 Å². The Hall–Kier alpha value is -1.95. The molecule has 1 saturated heterocycles. The first kappa shape index (κ1) is 23.1. The summed E-state index contributed by atoms with van der Waals surface area (Å²) in [6.45, 7) is -1.20. The van der Waals surface area contributed by atoms with Gasteiger partial charge in [-0.2, -0.15) is 0 Å². The summed E-state index contributed by atoms with van der Waals surface area (Å²) < 4.78 is 21.5. The molecule has 2 rings (SSSR count). The Morgan fingerprint density at radius 1 is 1.30 bits per heavy atom. The Morgan fingerprint density at radius 3 is 2.30 bits per heavy atom. The van der Waals surface area contributed by atoms with Crippen molar-refractivity contribution in [3.63, 3.8) is 0 Å². The summed E-state index contributed by atoms with van der Waals surface area (Å²) in [6.07, 6.45) is -3.22. The van der Waals surface area contributed by atoms with E-state index in [2.05, 4.69) is 4.74 Å². The molecular formula is C17H24FNO8. The van der Waals surface area contributed by atoms with E-state index in [1.165, 1.54) is 7.11 Å². The van der Waals surface area contributed by atoms with E-state index in [1.807, 2.05) is 6.07 Å². The van der Waals surface area contributed by atoms with E-state index in [1.54, 1.807) is 24.3 Å². The van der Waals surface area contributed by atoms with Gasteiger partial charge in [-0.1, -0.05) is 18.2 Å². The van der Waals surface area contributed by atoms with Crippen LogP contribution in [0.3, 0.4) is 0 Å². The average molecular weight is 389 g/mol. The van der Waals surface area contributed by atoms with Crippen LogP contribution in [0, 0.1) is 0 Å². The van der Waals surface area contributed by atoms with Gasteiger partial charge < -0.3 is 35.6 Å². The molecule has 1 aliphatic rings. The van der Waals surface area contributed by atoms with E-state index in [0.717, 1.165) is 6.92 Å². The predicted molar refractivity (Wildman–Crippen MR) is 90.3 cm³/mol. The number of aliphatic hydroxyl groups is 4. The fraction of sp³-hybridized carbons (Fsp3) is 0.529. The molecule has 1 aliphatic heterocycles. The second-order valence-corrected chi connectivity index (χ2v) is 6.10. The van der Waals surface area contributed by atoms with Gasteiger partial charge in [0.15, 0.2) is 6.67 Å². The van der Waals surface area contributed by atoms with Gasteiger partial charge in [-0.15, -0.1) is 0 Å². The van der Waals surface area contributed by atoms with Crippen LogP contribution in [0.25, 0.3) is 0 Å². The van der Waals surface area contributed by atoms with Crippen LogP contribution in [0.2, 0.25) is 0 Å². The number of esters is 1. The Bertz CT molecular complexity index is 637. The van der Waals surface area contributed by atoms with E-state index in [9.17, 15) is 29.3 Å². The van der Waals surface area contributed by atoms with Crippen molar-refractivity contribution in [3.8, 4) is 0 Å². The number of carbonyl (C=O) groups is 2. The Kier molecular flexibility index (Phi) is 7.96. The number of hydrogen-bond acceptors (Lipinski definition) is 9. The number of rotatable bonds is 4. The maximum atomic E-state index is 12.3. The number of aliphatic hydroxyl groups excluding tert-OH is 2. The molecule has 1 heterocycles. The Morgan fingerprint density at radius 2 is 1.85 bits per heavy atom. The van der Waals surface area contributed by atoms with Crippen LogP contribution >= 0.6 is 0 Å². The SMILES string of the molecule is COC(=O)c1ccccc1.C[C@]1(O)[C@H](O)[C@@H](N)C(O)(C(=O)CF)O[C@@H]1CO. The van der Waals surface area contributed by atoms with E-state index in [0.29, 0.717) is 5.56 Å². The standard InChI is InChI=1S/C9H16FNO6.C8H8O2/c1-8(15)5(3-12)17-9(16,4(13)2-10)6(11)7(8)14;1-10-8(9)7-5-3-2-4-6-7/h5-7,12,14-16H,2-3,11H2,1H3;2-6H,1H3/t5-,6-,7-,8-,9?;/m1./s1. The minimum atomic E-state index is -2.76. The Balaban J connectivity index is 0.000000309. The predicted octanol–water partition coefficient (Wildman–Crippen LogP) is -1.48. The fourth-order valence-corrected chi connectivity index (χ4v) is 2.44. The molecule has 0 aliphatic carbocycles. The zero-order chi connectivity index (χ0) is 20.8. The van der Waals surface area contributed by atoms with Crippen molar-refractivity contribution in [3.05, 3.63) is 35.9 Å². The molecule has 27 heavy (non-hydrogen) atoms. The van der Waals surface area contributed by atoms with E-state index in [-0.39, 0.29) is 5.97 Å². The molecule has 1 fully saturated rings. The molecule has 10 heteroatoms. The number of carbonyl (C=O) groups excluding carboxylic acids is 2. The largest absolute Gasteiger partial charge is 0.465 e. The van der Waals surface area contributed by atoms with Crippen LogP contribution in [-0.2, 0) is 14.3 Å². The summed E-state index contributed by atoms with van der Waals surface area (Å²) in [7, 11) is 1.37. The van der Waals surface area contributed by atoms with Gasteiger partial charge in [0.1, 0.15) is 17.8 Å². The minimum Gasteiger partial charge on any atom is -0.465 e. The zero-order valence-electron chi connectivity index (χ0n) is 14.9. The Labute approximate surface area is 155 Å². The smallest absolute Gasteiger partial charge is 0.337 e. The number of benzene rings is 1. The highest BCUT2D eigenvalue weighted by Gasteiger charge is 2.60. The van der Waals surface area contributed by atoms with E-state index >= 15 is 0 Å². The lowest BCUT2D eigenvalue weighted by Gasteiger charge is -2.49. The van der Waals surface area contributed by atoms with Crippen LogP contribution in [0.4, 0.5) is 4.39 Å². The molecule has 6 N–H and O–H groups in total. The molecule has 1 aromatic rings. The van der Waals surface area contributed by atoms with Gasteiger partial charge in [-0.25, -0.2) is 9.18 Å². The zero-order valence-corrected chi connectivity index (χ0v) is 14.9. The van der Waals surface area contributed by atoms with Crippen molar-refractivity contribution in [2.24, 2.45) is 5.73 Å². The second-order valence-electron chi connectivity index (χ2n) is 6.10. The third-order valence-electron chi connectivity index (χ3n) is 4.25. The van der Waals surface area contributed by atoms with Crippen molar-refractivity contribution in [1.29, 1.82) is 0 Å². The van der Waals surface area contributed by atoms with E-state index in [4.69, 9.17) is 15.6 Å². The summed E-state index contributed by atoms with van der Waals surface area (Å²) in [5.41, 5.74) is 4.00. The second kappa shape index (κ2) is 9.31. The molecule has 1 unspecified atom stereocenters. The summed E-state index contributed by atoms with van der Waals surface area (Å²) in [6, 6.07) is 7.16. The monoisotopic (exact) mass is 389 g/mol. The van der Waals surface area contributed by atoms with Crippen LogP contribution in [0.15, 0.2) is 30.3 Å². The highest BCUT2D eigenvalue weighted by Crippen LogP contribution is 2.34. The average Bonchev–Trinajstić information content (AvgIpc) is 2.69. The molecule has 0 radical (unpaired) electrons. The molecule has 0 spiro atoms. The van der Waals surface area contributed by atoms with Crippen molar-refractivity contribution in [2.75, 3.05) is 20.4 Å². The maximum absolute atomic E-state index is 12.3. The van der Waals surface area contributed by atoms with Gasteiger partial charge in [0.25, 0.3) is 0 Å². The topological polar surface area (TPSA) is 160 Å². The summed E-state index contributed by atoms with van der Waals surface area (Å²) in [5, 5.41) is 38.3. The maximum Gasteiger partial charge on any atom is 0.337 e. The van der Waals surface area contributed by atoms with Gasteiger partial charge in [0, 0.05) is 0 Å². The summed E-state index contributed by atoms with van der Waals surface area (Å²) in [4.78, 5) is 22.0. The van der Waals surface area contributed by atoms with Gasteiger partial charge in [0.05, 0.1) is 25.3 Å². The lowest BCUT2D eigenvalue weighted by Crippen LogP contribution is -2.75. The quantitative estimate of drug-likeness (QED) is 0.387. The first-order chi connectivity index (χ1) is 12.6. The summed E-state index contributed by atoms with van der Waals surface area (Å²) in [5.74, 6) is -4.43. The molecule has 5 atom stereocenters. The molecule has 0 amide bonds. The van der Waals surface area contributed by atoms with Crippen molar-refractivity contribution >= 4 is 11.8 Å². The lowest BCUT2D eigenvalue weighted by atomic mass is 9.80. The van der Waals surface area contributed by atoms with Gasteiger partial charge in [-0.3, -0.25) is 4.79 Å². The molecular weight excluding hydrogens is 365 g/mol. The molecule has 0 bridgehead atoms. The fourth-order valence-electron chi connectivity index (χ4n) is 2.44. The van der Waals surface area contributed by atoms with Crippen LogP contribution in [0.1, 0.15) is 17.3 Å². The third kappa shape index (κ3) is 4.86. The lowest BCUT2D eigenvalue weighted by molar-refractivity contribution is -0.322. The van der Waals surface area contributed by atoms with Gasteiger partial charge in [0.2, 0.25) is 11.6 Å². The highest BCUT2D eigenvalue weighted by atomic mass is 19.1. The van der Waals surface area contributed by atoms with Crippen LogP contribution in [0.5, 0.6) is 0 Å². The van der Waals surface area contributed by atoms with Gasteiger partial charge in [-0.05, 0) is 19.1 Å². The third-order valence-corrected chi connectivity index (χ3v) is 4.25. The number of Topliss-reactive ketones (excluding diaryl/α,β-unsaturated/α-hetero) is 1. The summed E-state index contributed by atoms with van der Waals surface area (Å²) >= 11 is 0. The molecule has 1 aromatic carbocycles. The normalized spacial score (nSPS) is 32.8. The first-order valence-electron chi connectivity index (χ1n) is 7.95.